The molecule has 0 bridgehead atoms. The fourth-order valence-corrected chi connectivity index (χ4v) is 1.34. The zero-order valence-corrected chi connectivity index (χ0v) is 8.08. The average Bonchev–Trinajstić information content (AvgIpc) is 2.67. The molecule has 0 amide bonds. The summed E-state index contributed by atoms with van der Waals surface area (Å²) in [5, 5.41) is 7.34. The lowest BCUT2D eigenvalue weighted by Crippen LogP contribution is -2.18. The van der Waals surface area contributed by atoms with Crippen LogP contribution in [0.25, 0.3) is 11.0 Å². The molecule has 0 aromatic carbocycles. The first-order valence-electron chi connectivity index (χ1n) is 4.62. The van der Waals surface area contributed by atoms with Gasteiger partial charge in [0.25, 0.3) is 0 Å². The van der Waals surface area contributed by atoms with Crippen molar-refractivity contribution in [3.8, 4) is 0 Å². The summed E-state index contributed by atoms with van der Waals surface area (Å²) in [4.78, 5) is 4.25. The molecule has 4 nitrogen and oxygen atoms in total. The minimum Gasteiger partial charge on any atom is -0.464 e. The average molecular weight is 191 g/mol. The van der Waals surface area contributed by atoms with Crippen molar-refractivity contribution in [1.82, 2.24) is 10.3 Å². The number of fused-ring (bicyclic) bond motifs is 1. The van der Waals surface area contributed by atoms with Crippen LogP contribution in [0.3, 0.4) is 0 Å². The van der Waals surface area contributed by atoms with Crippen molar-refractivity contribution >= 4 is 16.8 Å². The lowest BCUT2D eigenvalue weighted by atomic mass is 10.3. The van der Waals surface area contributed by atoms with Crippen LogP contribution in [0, 0.1) is 0 Å². The van der Waals surface area contributed by atoms with Crippen molar-refractivity contribution in [1.29, 1.82) is 0 Å². The summed E-state index contributed by atoms with van der Waals surface area (Å²) in [5.41, 5.74) is 0.868. The Bertz CT molecular complexity index is 410. The maximum atomic E-state index is 5.27. The van der Waals surface area contributed by atoms with Gasteiger partial charge in [-0.2, -0.15) is 0 Å². The molecule has 0 saturated heterocycles. The molecule has 0 saturated carbocycles. The first kappa shape index (κ1) is 9.02. The molecule has 0 aliphatic rings. The highest BCUT2D eigenvalue weighted by Gasteiger charge is 2.02. The number of rotatable bonds is 4. The Hall–Kier alpha value is -1.55. The SMILES string of the molecule is CNCCNc1nccc2occc12. The molecular formula is C10H13N3O. The number of anilines is 1. The van der Waals surface area contributed by atoms with Gasteiger partial charge in [0.2, 0.25) is 0 Å². The van der Waals surface area contributed by atoms with E-state index in [-0.39, 0.29) is 0 Å². The Morgan fingerprint density at radius 2 is 2.29 bits per heavy atom. The minimum absolute atomic E-state index is 0.855. The molecule has 0 unspecified atom stereocenters. The molecule has 74 valence electrons. The number of furan rings is 1. The van der Waals surface area contributed by atoms with Crippen molar-refractivity contribution in [2.75, 3.05) is 25.5 Å². The van der Waals surface area contributed by atoms with E-state index in [1.165, 1.54) is 0 Å². The quantitative estimate of drug-likeness (QED) is 0.718. The van der Waals surface area contributed by atoms with Crippen LogP contribution >= 0.6 is 0 Å². The lowest BCUT2D eigenvalue weighted by Gasteiger charge is -2.04. The molecule has 2 aromatic heterocycles. The van der Waals surface area contributed by atoms with Gasteiger partial charge in [0.05, 0.1) is 11.6 Å². The van der Waals surface area contributed by atoms with Gasteiger partial charge in [-0.1, -0.05) is 0 Å². The van der Waals surface area contributed by atoms with Crippen molar-refractivity contribution < 1.29 is 4.42 Å². The molecule has 2 aromatic rings. The van der Waals surface area contributed by atoms with E-state index >= 15 is 0 Å². The molecule has 0 atom stereocenters. The molecule has 0 aliphatic heterocycles. The lowest BCUT2D eigenvalue weighted by molar-refractivity contribution is 0.615. The molecular weight excluding hydrogens is 178 g/mol. The van der Waals surface area contributed by atoms with Crippen molar-refractivity contribution in [2.45, 2.75) is 0 Å². The number of nitrogens with zero attached hydrogens (tertiary/aromatic N) is 1. The predicted octanol–water partition coefficient (Wildman–Crippen LogP) is 1.46. The third kappa shape index (κ3) is 1.70. The van der Waals surface area contributed by atoms with E-state index in [1.807, 2.05) is 19.2 Å². The molecule has 2 heterocycles. The van der Waals surface area contributed by atoms with Crippen LogP contribution < -0.4 is 10.6 Å². The van der Waals surface area contributed by atoms with Crippen molar-refractivity contribution in [3.63, 3.8) is 0 Å². The number of hydrogen-bond acceptors (Lipinski definition) is 4. The predicted molar refractivity (Wildman–Crippen MR) is 56.4 cm³/mol. The smallest absolute Gasteiger partial charge is 0.139 e. The van der Waals surface area contributed by atoms with Crippen LogP contribution in [0.1, 0.15) is 0 Å². The Morgan fingerprint density at radius 3 is 3.14 bits per heavy atom. The summed E-state index contributed by atoms with van der Waals surface area (Å²) in [6.45, 7) is 1.77. The molecule has 0 fully saturated rings. The van der Waals surface area contributed by atoms with E-state index in [2.05, 4.69) is 15.6 Å². The number of nitrogens with one attached hydrogen (secondary N) is 2. The number of pyridine rings is 1. The first-order valence-corrected chi connectivity index (χ1v) is 4.62. The zero-order chi connectivity index (χ0) is 9.80. The van der Waals surface area contributed by atoms with E-state index in [4.69, 9.17) is 4.42 Å². The first-order chi connectivity index (χ1) is 6.92. The Labute approximate surface area is 82.3 Å². The second-order valence-electron chi connectivity index (χ2n) is 3.02. The number of aromatic nitrogens is 1. The topological polar surface area (TPSA) is 50.1 Å². The normalized spacial score (nSPS) is 10.6. The van der Waals surface area contributed by atoms with Gasteiger partial charge in [0.1, 0.15) is 11.4 Å². The Balaban J connectivity index is 2.19. The van der Waals surface area contributed by atoms with Crippen LogP contribution in [0.4, 0.5) is 5.82 Å². The summed E-state index contributed by atoms with van der Waals surface area (Å²) in [7, 11) is 1.92. The molecule has 0 aliphatic carbocycles. The van der Waals surface area contributed by atoms with Gasteiger partial charge >= 0.3 is 0 Å². The standard InChI is InChI=1S/C10H13N3O/c1-11-5-6-13-10-8-3-7-14-9(8)2-4-12-10/h2-4,7,11H,5-6H2,1H3,(H,12,13). The summed E-state index contributed by atoms with van der Waals surface area (Å²) < 4.78 is 5.27. The van der Waals surface area contributed by atoms with Crippen LogP contribution in [-0.2, 0) is 0 Å². The molecule has 2 rings (SSSR count). The molecule has 4 heteroatoms. The zero-order valence-electron chi connectivity index (χ0n) is 8.08. The number of hydrogen-bond donors (Lipinski definition) is 2. The van der Waals surface area contributed by atoms with Gasteiger partial charge in [0, 0.05) is 19.3 Å². The second-order valence-corrected chi connectivity index (χ2v) is 3.02. The van der Waals surface area contributed by atoms with Gasteiger partial charge in [-0.05, 0) is 19.2 Å². The van der Waals surface area contributed by atoms with Crippen LogP contribution in [0.5, 0.6) is 0 Å². The van der Waals surface area contributed by atoms with Gasteiger partial charge in [-0.3, -0.25) is 0 Å². The van der Waals surface area contributed by atoms with Crippen LogP contribution in [0.2, 0.25) is 0 Å². The maximum absolute atomic E-state index is 5.27. The van der Waals surface area contributed by atoms with Gasteiger partial charge in [0.15, 0.2) is 0 Å². The van der Waals surface area contributed by atoms with Gasteiger partial charge < -0.3 is 15.1 Å². The fourth-order valence-electron chi connectivity index (χ4n) is 1.34. The number of likely N-dealkylation sites (N-methyl/N-ethyl adjacent to an activating group) is 1. The van der Waals surface area contributed by atoms with E-state index in [0.29, 0.717) is 0 Å². The summed E-state index contributed by atoms with van der Waals surface area (Å²) >= 11 is 0. The van der Waals surface area contributed by atoms with Gasteiger partial charge in [-0.25, -0.2) is 4.98 Å². The maximum Gasteiger partial charge on any atom is 0.139 e. The highest BCUT2D eigenvalue weighted by Crippen LogP contribution is 2.21. The van der Waals surface area contributed by atoms with E-state index in [0.717, 1.165) is 29.9 Å². The van der Waals surface area contributed by atoms with Crippen molar-refractivity contribution in [2.24, 2.45) is 0 Å². The summed E-state index contributed by atoms with van der Waals surface area (Å²) in [6, 6.07) is 3.78. The highest BCUT2D eigenvalue weighted by atomic mass is 16.3. The second kappa shape index (κ2) is 4.11. The van der Waals surface area contributed by atoms with Gasteiger partial charge in [-0.15, -0.1) is 0 Å². The third-order valence-corrected chi connectivity index (χ3v) is 2.05. The summed E-state index contributed by atoms with van der Waals surface area (Å²) in [6.07, 6.45) is 3.42. The van der Waals surface area contributed by atoms with E-state index in [1.54, 1.807) is 12.5 Å². The molecule has 0 radical (unpaired) electrons. The highest BCUT2D eigenvalue weighted by molar-refractivity contribution is 5.87. The van der Waals surface area contributed by atoms with Crippen molar-refractivity contribution in [3.05, 3.63) is 24.6 Å². The molecule has 14 heavy (non-hydrogen) atoms. The molecule has 2 N–H and O–H groups in total. The minimum atomic E-state index is 0.855. The Morgan fingerprint density at radius 1 is 1.36 bits per heavy atom. The summed E-state index contributed by atoms with van der Waals surface area (Å²) in [5.74, 6) is 0.881. The Kier molecular flexibility index (Phi) is 2.65. The third-order valence-electron chi connectivity index (χ3n) is 2.05. The largest absolute Gasteiger partial charge is 0.464 e. The fraction of sp³-hybridized carbons (Fsp3) is 0.300. The monoisotopic (exact) mass is 191 g/mol. The van der Waals surface area contributed by atoms with Crippen LogP contribution in [0.15, 0.2) is 29.0 Å². The van der Waals surface area contributed by atoms with E-state index < -0.39 is 0 Å². The van der Waals surface area contributed by atoms with Crippen LogP contribution in [-0.4, -0.2) is 25.1 Å². The molecule has 0 spiro atoms. The van der Waals surface area contributed by atoms with E-state index in [9.17, 15) is 0 Å².